The number of fused-ring (bicyclic) bond motifs is 6. The summed E-state index contributed by atoms with van der Waals surface area (Å²) in [5, 5.41) is 8.46. The lowest BCUT2D eigenvalue weighted by molar-refractivity contribution is 1.30. The second-order valence-electron chi connectivity index (χ2n) is 14.0. The van der Waals surface area contributed by atoms with Crippen LogP contribution in [0.15, 0.2) is 194 Å². The molecule has 11 aromatic rings. The number of anilines is 3. The highest BCUT2D eigenvalue weighted by Gasteiger charge is 2.22. The van der Waals surface area contributed by atoms with Gasteiger partial charge in [-0.15, -0.1) is 22.7 Å². The first-order valence-corrected chi connectivity index (χ1v) is 20.2. The second-order valence-corrected chi connectivity index (χ2v) is 16.1. The van der Waals surface area contributed by atoms with E-state index in [9.17, 15) is 0 Å². The molecule has 2 aromatic heterocycles. The van der Waals surface area contributed by atoms with E-state index in [0.29, 0.717) is 0 Å². The monoisotopic (exact) mass is 736 g/mol. The van der Waals surface area contributed by atoms with Gasteiger partial charge in [-0.25, -0.2) is 4.98 Å². The summed E-state index contributed by atoms with van der Waals surface area (Å²) in [4.78, 5) is 7.62. The summed E-state index contributed by atoms with van der Waals surface area (Å²) in [6, 6.07) is 70.6. The summed E-state index contributed by atoms with van der Waals surface area (Å²) in [7, 11) is 0. The van der Waals surface area contributed by atoms with Crippen molar-refractivity contribution in [2.75, 3.05) is 4.90 Å². The summed E-state index contributed by atoms with van der Waals surface area (Å²) >= 11 is 3.62. The highest BCUT2D eigenvalue weighted by molar-refractivity contribution is 7.26. The van der Waals surface area contributed by atoms with Gasteiger partial charge in [0.25, 0.3) is 0 Å². The van der Waals surface area contributed by atoms with Gasteiger partial charge in [-0.1, -0.05) is 127 Å². The highest BCUT2D eigenvalue weighted by Crippen LogP contribution is 2.49. The number of para-hydroxylation sites is 1. The number of rotatable bonds is 6. The van der Waals surface area contributed by atoms with Gasteiger partial charge in [-0.05, 0) is 111 Å². The normalized spacial score (nSPS) is 11.6. The minimum atomic E-state index is 1.03. The molecule has 0 fully saturated rings. The number of hydrogen-bond acceptors (Lipinski definition) is 4. The van der Waals surface area contributed by atoms with E-state index in [2.05, 4.69) is 199 Å². The van der Waals surface area contributed by atoms with Crippen LogP contribution in [-0.2, 0) is 0 Å². The molecule has 0 aliphatic carbocycles. The van der Waals surface area contributed by atoms with Crippen LogP contribution < -0.4 is 4.90 Å². The molecule has 2 nitrogen and oxygen atoms in total. The topological polar surface area (TPSA) is 16.1 Å². The van der Waals surface area contributed by atoms with Crippen molar-refractivity contribution >= 4 is 91.7 Å². The molecule has 0 aliphatic heterocycles. The molecule has 0 atom stereocenters. The van der Waals surface area contributed by atoms with E-state index in [1.165, 1.54) is 68.7 Å². The minimum Gasteiger partial charge on any atom is -0.310 e. The molecular weight excluding hydrogens is 705 g/mol. The van der Waals surface area contributed by atoms with Gasteiger partial charge < -0.3 is 4.90 Å². The summed E-state index contributed by atoms with van der Waals surface area (Å²) < 4.78 is 3.72. The Morgan fingerprint density at radius 1 is 0.364 bits per heavy atom. The van der Waals surface area contributed by atoms with Gasteiger partial charge in [0, 0.05) is 37.1 Å². The van der Waals surface area contributed by atoms with Crippen molar-refractivity contribution < 1.29 is 0 Å². The fourth-order valence-electron chi connectivity index (χ4n) is 7.91. The van der Waals surface area contributed by atoms with Gasteiger partial charge in [-0.2, -0.15) is 0 Å². The zero-order valence-electron chi connectivity index (χ0n) is 29.7. The molecule has 0 bridgehead atoms. The smallest absolute Gasteiger partial charge is 0.124 e. The Morgan fingerprint density at radius 3 is 1.75 bits per heavy atom. The predicted octanol–water partition coefficient (Wildman–Crippen LogP) is 15.4. The fraction of sp³-hybridized carbons (Fsp3) is 0. The Balaban J connectivity index is 1.17. The predicted molar refractivity (Wildman–Crippen MR) is 239 cm³/mol. The molecule has 2 heterocycles. The Labute approximate surface area is 326 Å². The van der Waals surface area contributed by atoms with E-state index in [0.717, 1.165) is 33.1 Å². The average Bonchev–Trinajstić information content (AvgIpc) is 3.85. The van der Waals surface area contributed by atoms with Crippen LogP contribution in [0.2, 0.25) is 0 Å². The van der Waals surface area contributed by atoms with Crippen molar-refractivity contribution in [2.24, 2.45) is 0 Å². The Morgan fingerprint density at radius 2 is 0.964 bits per heavy atom. The molecule has 9 aromatic carbocycles. The van der Waals surface area contributed by atoms with Gasteiger partial charge >= 0.3 is 0 Å². The van der Waals surface area contributed by atoms with Crippen molar-refractivity contribution in [3.63, 3.8) is 0 Å². The first-order valence-electron chi connectivity index (χ1n) is 18.5. The van der Waals surface area contributed by atoms with Gasteiger partial charge in [0.15, 0.2) is 0 Å². The molecule has 0 saturated carbocycles. The van der Waals surface area contributed by atoms with Crippen molar-refractivity contribution in [2.45, 2.75) is 0 Å². The number of thiophene rings is 1. The van der Waals surface area contributed by atoms with Crippen LogP contribution in [0.1, 0.15) is 0 Å². The quantitative estimate of drug-likeness (QED) is 0.169. The minimum absolute atomic E-state index is 1.03. The van der Waals surface area contributed by atoms with Gasteiger partial charge in [0.05, 0.1) is 15.9 Å². The second kappa shape index (κ2) is 13.1. The summed E-state index contributed by atoms with van der Waals surface area (Å²) in [5.74, 6) is 0. The SMILES string of the molecule is c1ccc(-c2ccc(N(c3ccc4cc(-c5ccccc5)ccc4c3)c3cc(-c4nc5ccccc5s4)cc4sc5cc6ccccc6cc5c34)cc2)cc1. The molecule has 258 valence electrons. The molecule has 0 saturated heterocycles. The summed E-state index contributed by atoms with van der Waals surface area (Å²) in [6.45, 7) is 0. The molecule has 55 heavy (non-hydrogen) atoms. The number of thiazole rings is 1. The first kappa shape index (κ1) is 31.9. The van der Waals surface area contributed by atoms with Crippen molar-refractivity contribution in [3.8, 4) is 32.8 Å². The molecule has 0 radical (unpaired) electrons. The van der Waals surface area contributed by atoms with Gasteiger partial charge in [0.2, 0.25) is 0 Å². The van der Waals surface area contributed by atoms with E-state index in [1.54, 1.807) is 11.3 Å². The lowest BCUT2D eigenvalue weighted by Crippen LogP contribution is -2.10. The molecule has 0 amide bonds. The van der Waals surface area contributed by atoms with E-state index in [4.69, 9.17) is 4.98 Å². The molecule has 0 N–H and O–H groups in total. The van der Waals surface area contributed by atoms with Crippen molar-refractivity contribution in [1.29, 1.82) is 0 Å². The lowest BCUT2D eigenvalue weighted by atomic mass is 9.99. The van der Waals surface area contributed by atoms with Gasteiger partial charge in [-0.3, -0.25) is 0 Å². The van der Waals surface area contributed by atoms with E-state index in [-0.39, 0.29) is 0 Å². The summed E-state index contributed by atoms with van der Waals surface area (Å²) in [5.41, 5.74) is 10.3. The number of hydrogen-bond donors (Lipinski definition) is 0. The zero-order chi connectivity index (χ0) is 36.3. The summed E-state index contributed by atoms with van der Waals surface area (Å²) in [6.07, 6.45) is 0. The molecule has 4 heteroatoms. The number of aromatic nitrogens is 1. The maximum atomic E-state index is 5.16. The third kappa shape index (κ3) is 5.66. The Bertz CT molecular complexity index is 3170. The highest BCUT2D eigenvalue weighted by atomic mass is 32.1. The van der Waals surface area contributed by atoms with Gasteiger partial charge in [0.1, 0.15) is 5.01 Å². The van der Waals surface area contributed by atoms with E-state index in [1.807, 2.05) is 11.3 Å². The van der Waals surface area contributed by atoms with Crippen LogP contribution in [0, 0.1) is 0 Å². The van der Waals surface area contributed by atoms with Crippen LogP contribution >= 0.6 is 22.7 Å². The average molecular weight is 737 g/mol. The van der Waals surface area contributed by atoms with Crippen molar-refractivity contribution in [3.05, 3.63) is 194 Å². The maximum Gasteiger partial charge on any atom is 0.124 e. The standard InChI is InChI=1S/C51H32N2S2/c1-3-11-33(12-4-1)35-21-24-42(25-22-35)53(43-26-23-39-27-38(19-20-40(39)28-43)34-13-5-2-6-14-34)46-30-41(51-52-45-17-9-10-18-47(45)55-51)32-49-50(46)44-29-36-15-7-8-16-37(36)31-48(44)54-49/h1-32H. The third-order valence-corrected chi connectivity index (χ3v) is 12.8. The molecule has 0 unspecified atom stereocenters. The molecule has 0 aliphatic rings. The molecule has 11 rings (SSSR count). The first-order chi connectivity index (χ1) is 27.2. The number of nitrogens with zero attached hydrogens (tertiary/aromatic N) is 2. The number of benzene rings is 9. The third-order valence-electron chi connectivity index (χ3n) is 10.6. The van der Waals surface area contributed by atoms with E-state index >= 15 is 0 Å². The molecular formula is C51H32N2S2. The lowest BCUT2D eigenvalue weighted by Gasteiger charge is -2.27. The fourth-order valence-corrected chi connectivity index (χ4v) is 10.1. The maximum absolute atomic E-state index is 5.16. The largest absolute Gasteiger partial charge is 0.310 e. The van der Waals surface area contributed by atoms with Crippen LogP contribution in [-0.4, -0.2) is 4.98 Å². The van der Waals surface area contributed by atoms with Crippen LogP contribution in [0.4, 0.5) is 17.1 Å². The Hall–Kier alpha value is -6.59. The zero-order valence-corrected chi connectivity index (χ0v) is 31.3. The Kier molecular flexibility index (Phi) is 7.58. The van der Waals surface area contributed by atoms with E-state index < -0.39 is 0 Å². The van der Waals surface area contributed by atoms with Crippen LogP contribution in [0.3, 0.4) is 0 Å². The van der Waals surface area contributed by atoms with Crippen molar-refractivity contribution in [1.82, 2.24) is 4.98 Å². The molecule has 0 spiro atoms. The van der Waals surface area contributed by atoms with Crippen LogP contribution in [0.5, 0.6) is 0 Å². The van der Waals surface area contributed by atoms with Crippen LogP contribution in [0.25, 0.3) is 84.8 Å².